The van der Waals surface area contributed by atoms with Crippen LogP contribution in [0.4, 0.5) is 0 Å². The van der Waals surface area contributed by atoms with Gasteiger partial charge in [0.25, 0.3) is 0 Å². The molecule has 0 spiro atoms. The molecule has 1 aliphatic heterocycles. The highest BCUT2D eigenvalue weighted by molar-refractivity contribution is 5.85. The van der Waals surface area contributed by atoms with Crippen molar-refractivity contribution in [3.05, 3.63) is 17.7 Å². The maximum absolute atomic E-state index is 12.4. The summed E-state index contributed by atoms with van der Waals surface area (Å²) in [6.45, 7) is 6.69. The first-order valence-electron chi connectivity index (χ1n) is 8.84. The third-order valence-electron chi connectivity index (χ3n) is 5.02. The highest BCUT2D eigenvalue weighted by Gasteiger charge is 2.33. The van der Waals surface area contributed by atoms with Crippen LogP contribution in [0.5, 0.6) is 17.2 Å². The van der Waals surface area contributed by atoms with Crippen LogP contribution in [0.25, 0.3) is 0 Å². The van der Waals surface area contributed by atoms with Gasteiger partial charge in [0.2, 0.25) is 5.91 Å². The largest absolute Gasteiger partial charge is 0.496 e. The third kappa shape index (κ3) is 5.89. The Morgan fingerprint density at radius 2 is 1.78 bits per heavy atom. The van der Waals surface area contributed by atoms with Gasteiger partial charge in [-0.15, -0.1) is 12.4 Å². The lowest BCUT2D eigenvalue weighted by atomic mass is 9.80. The fraction of sp³-hybridized carbons (Fsp3) is 0.632. The van der Waals surface area contributed by atoms with Crippen LogP contribution in [-0.4, -0.2) is 57.8 Å². The number of likely N-dealkylation sites (tertiary alicyclic amines) is 1. The van der Waals surface area contributed by atoms with Gasteiger partial charge in [0.05, 0.1) is 27.9 Å². The number of hydrogen-bond donors (Lipinski definition) is 2. The quantitative estimate of drug-likeness (QED) is 0.724. The van der Waals surface area contributed by atoms with Gasteiger partial charge in [0, 0.05) is 37.3 Å². The predicted octanol–water partition coefficient (Wildman–Crippen LogP) is 1.81. The molecule has 1 aromatic carbocycles. The number of nitrogens with two attached hydrogens (primary N) is 1. The summed E-state index contributed by atoms with van der Waals surface area (Å²) in [4.78, 5) is 14.5. The molecule has 1 amide bonds. The Kier molecular flexibility index (Phi) is 8.65. The maximum atomic E-state index is 12.4. The Hall–Kier alpha value is -1.70. The van der Waals surface area contributed by atoms with Crippen LogP contribution in [0.2, 0.25) is 0 Å². The summed E-state index contributed by atoms with van der Waals surface area (Å²) < 4.78 is 16.0. The van der Waals surface area contributed by atoms with Gasteiger partial charge in [-0.2, -0.15) is 0 Å². The SMILES string of the molecule is COc1cc(OC)c(OC)cc1CNC(=O)CN1CCC(N)C(C)(C)C1.Cl. The second-order valence-electron chi connectivity index (χ2n) is 7.39. The summed E-state index contributed by atoms with van der Waals surface area (Å²) in [5.74, 6) is 1.82. The zero-order valence-corrected chi connectivity index (χ0v) is 17.6. The Bertz CT molecular complexity index is 640. The number of rotatable bonds is 7. The fourth-order valence-electron chi connectivity index (χ4n) is 3.30. The number of halogens is 1. The van der Waals surface area contributed by atoms with Gasteiger partial charge in [0.15, 0.2) is 11.5 Å². The standard InChI is InChI=1S/C19H31N3O4.ClH/c1-19(2)12-22(7-6-17(19)20)11-18(23)21-10-13-8-15(25-4)16(26-5)9-14(13)24-3;/h8-9,17H,6-7,10-12,20H2,1-5H3,(H,21,23);1H. The molecule has 7 nitrogen and oxygen atoms in total. The summed E-state index contributed by atoms with van der Waals surface area (Å²) >= 11 is 0. The molecule has 0 saturated carbocycles. The number of nitrogens with zero attached hydrogens (tertiary/aromatic N) is 1. The molecule has 0 radical (unpaired) electrons. The summed E-state index contributed by atoms with van der Waals surface area (Å²) in [5, 5.41) is 2.96. The molecule has 0 aliphatic carbocycles. The van der Waals surface area contributed by atoms with E-state index in [0.717, 1.165) is 25.1 Å². The van der Waals surface area contributed by atoms with E-state index >= 15 is 0 Å². The molecule has 1 heterocycles. The number of carbonyl (C=O) groups is 1. The monoisotopic (exact) mass is 401 g/mol. The summed E-state index contributed by atoms with van der Waals surface area (Å²) in [6, 6.07) is 3.76. The molecule has 154 valence electrons. The van der Waals surface area contributed by atoms with Crippen molar-refractivity contribution in [1.82, 2.24) is 10.2 Å². The minimum Gasteiger partial charge on any atom is -0.496 e. The van der Waals surface area contributed by atoms with Gasteiger partial charge in [-0.25, -0.2) is 0 Å². The number of ether oxygens (including phenoxy) is 3. The van der Waals surface area contributed by atoms with Crippen molar-refractivity contribution in [2.45, 2.75) is 32.9 Å². The van der Waals surface area contributed by atoms with Gasteiger partial charge < -0.3 is 25.3 Å². The lowest BCUT2D eigenvalue weighted by Crippen LogP contribution is -2.54. The van der Waals surface area contributed by atoms with Crippen LogP contribution >= 0.6 is 12.4 Å². The van der Waals surface area contributed by atoms with Crippen molar-refractivity contribution in [3.8, 4) is 17.2 Å². The van der Waals surface area contributed by atoms with Crippen LogP contribution < -0.4 is 25.3 Å². The van der Waals surface area contributed by atoms with E-state index in [9.17, 15) is 4.79 Å². The Labute approximate surface area is 167 Å². The molecular weight excluding hydrogens is 370 g/mol. The number of methoxy groups -OCH3 is 3. The van der Waals surface area contributed by atoms with Crippen molar-refractivity contribution >= 4 is 18.3 Å². The minimum atomic E-state index is -0.0203. The van der Waals surface area contributed by atoms with E-state index < -0.39 is 0 Å². The minimum absolute atomic E-state index is 0. The van der Waals surface area contributed by atoms with E-state index in [1.54, 1.807) is 27.4 Å². The number of nitrogens with one attached hydrogen (secondary N) is 1. The van der Waals surface area contributed by atoms with E-state index in [1.165, 1.54) is 0 Å². The summed E-state index contributed by atoms with van der Waals surface area (Å²) in [6.07, 6.45) is 0.907. The Morgan fingerprint density at radius 3 is 2.33 bits per heavy atom. The van der Waals surface area contributed by atoms with Gasteiger partial charge in [-0.1, -0.05) is 13.8 Å². The second kappa shape index (κ2) is 10.0. The number of piperidine rings is 1. The smallest absolute Gasteiger partial charge is 0.234 e. The summed E-state index contributed by atoms with van der Waals surface area (Å²) in [5.41, 5.74) is 7.01. The zero-order chi connectivity index (χ0) is 19.3. The molecule has 1 unspecified atom stereocenters. The van der Waals surface area contributed by atoms with E-state index in [-0.39, 0.29) is 29.8 Å². The first-order valence-corrected chi connectivity index (χ1v) is 8.84. The fourth-order valence-corrected chi connectivity index (χ4v) is 3.30. The van der Waals surface area contributed by atoms with Gasteiger partial charge in [0.1, 0.15) is 5.75 Å². The lowest BCUT2D eigenvalue weighted by molar-refractivity contribution is -0.123. The molecule has 3 N–H and O–H groups in total. The normalized spacial score (nSPS) is 19.0. The molecule has 2 rings (SSSR count). The topological polar surface area (TPSA) is 86.0 Å². The number of carbonyl (C=O) groups excluding carboxylic acids is 1. The molecular formula is C19H32ClN3O4. The average Bonchev–Trinajstić information content (AvgIpc) is 2.61. The third-order valence-corrected chi connectivity index (χ3v) is 5.02. The van der Waals surface area contributed by atoms with Crippen molar-refractivity contribution in [2.75, 3.05) is 41.0 Å². The van der Waals surface area contributed by atoms with Crippen molar-refractivity contribution in [2.24, 2.45) is 11.1 Å². The molecule has 1 aliphatic rings. The zero-order valence-electron chi connectivity index (χ0n) is 16.8. The molecule has 1 aromatic rings. The maximum Gasteiger partial charge on any atom is 0.234 e. The molecule has 27 heavy (non-hydrogen) atoms. The second-order valence-corrected chi connectivity index (χ2v) is 7.39. The van der Waals surface area contributed by atoms with E-state index in [1.807, 2.05) is 6.07 Å². The number of amides is 1. The van der Waals surface area contributed by atoms with Crippen molar-refractivity contribution < 1.29 is 19.0 Å². The Morgan fingerprint density at radius 1 is 1.19 bits per heavy atom. The molecule has 1 atom stereocenters. The van der Waals surface area contributed by atoms with Crippen molar-refractivity contribution in [3.63, 3.8) is 0 Å². The highest BCUT2D eigenvalue weighted by atomic mass is 35.5. The lowest BCUT2D eigenvalue weighted by Gasteiger charge is -2.42. The van der Waals surface area contributed by atoms with Crippen LogP contribution in [-0.2, 0) is 11.3 Å². The van der Waals surface area contributed by atoms with Crippen LogP contribution in [0.3, 0.4) is 0 Å². The molecule has 0 bridgehead atoms. The molecule has 0 aromatic heterocycles. The van der Waals surface area contributed by atoms with Gasteiger partial charge in [-0.05, 0) is 17.9 Å². The molecule has 1 saturated heterocycles. The first-order chi connectivity index (χ1) is 12.3. The number of hydrogen-bond acceptors (Lipinski definition) is 6. The predicted molar refractivity (Wildman–Crippen MR) is 108 cm³/mol. The molecule has 1 fully saturated rings. The van der Waals surface area contributed by atoms with Gasteiger partial charge in [-0.3, -0.25) is 9.69 Å². The van der Waals surface area contributed by atoms with Crippen LogP contribution in [0.1, 0.15) is 25.8 Å². The van der Waals surface area contributed by atoms with E-state index in [0.29, 0.717) is 30.3 Å². The van der Waals surface area contributed by atoms with E-state index in [2.05, 4.69) is 24.1 Å². The number of benzene rings is 1. The van der Waals surface area contributed by atoms with Crippen LogP contribution in [0, 0.1) is 5.41 Å². The highest BCUT2D eigenvalue weighted by Crippen LogP contribution is 2.34. The Balaban J connectivity index is 0.00000364. The van der Waals surface area contributed by atoms with Gasteiger partial charge >= 0.3 is 0 Å². The van der Waals surface area contributed by atoms with E-state index in [4.69, 9.17) is 19.9 Å². The first kappa shape index (κ1) is 23.3. The van der Waals surface area contributed by atoms with Crippen molar-refractivity contribution in [1.29, 1.82) is 0 Å². The average molecular weight is 402 g/mol. The summed E-state index contributed by atoms with van der Waals surface area (Å²) in [7, 11) is 4.74. The molecule has 8 heteroatoms. The van der Waals surface area contributed by atoms with Crippen LogP contribution in [0.15, 0.2) is 12.1 Å².